The third-order valence-electron chi connectivity index (χ3n) is 2.97. The van der Waals surface area contributed by atoms with Crippen LogP contribution in [0.4, 0.5) is 11.6 Å². The zero-order valence-electron chi connectivity index (χ0n) is 11.7. The highest BCUT2D eigenvalue weighted by atomic mass is 16.5. The van der Waals surface area contributed by atoms with Gasteiger partial charge in [-0.15, -0.1) is 0 Å². The Bertz CT molecular complexity index is 368. The summed E-state index contributed by atoms with van der Waals surface area (Å²) in [7, 11) is 0. The molecular formula is C13H24N4O. The number of nitrogen functional groups attached to an aromatic ring is 1. The molecule has 0 bridgehead atoms. The molecule has 1 heterocycles. The Morgan fingerprint density at radius 1 is 1.33 bits per heavy atom. The first-order valence-corrected chi connectivity index (χ1v) is 6.48. The Hall–Kier alpha value is -1.36. The molecule has 0 aromatic carbocycles. The van der Waals surface area contributed by atoms with Gasteiger partial charge in [-0.3, -0.25) is 0 Å². The van der Waals surface area contributed by atoms with Crippen molar-refractivity contribution in [3.05, 3.63) is 11.9 Å². The van der Waals surface area contributed by atoms with Gasteiger partial charge < -0.3 is 15.8 Å². The quantitative estimate of drug-likeness (QED) is 0.779. The molecular weight excluding hydrogens is 228 g/mol. The van der Waals surface area contributed by atoms with Crippen LogP contribution in [0.5, 0.6) is 0 Å². The van der Waals surface area contributed by atoms with Crippen molar-refractivity contribution in [3.63, 3.8) is 0 Å². The van der Waals surface area contributed by atoms with Crippen molar-refractivity contribution in [2.75, 3.05) is 24.2 Å². The number of hydrogen-bond donors (Lipinski definition) is 2. The molecule has 5 heteroatoms. The van der Waals surface area contributed by atoms with Gasteiger partial charge in [-0.25, -0.2) is 9.97 Å². The van der Waals surface area contributed by atoms with E-state index >= 15 is 0 Å². The molecule has 1 unspecified atom stereocenters. The van der Waals surface area contributed by atoms with Crippen LogP contribution in [0, 0.1) is 11.8 Å². The molecule has 0 radical (unpaired) electrons. The first-order chi connectivity index (χ1) is 8.52. The number of hydrogen-bond acceptors (Lipinski definition) is 5. The minimum atomic E-state index is 0.399. The molecule has 5 nitrogen and oxygen atoms in total. The number of rotatable bonds is 7. The monoisotopic (exact) mass is 252 g/mol. The Morgan fingerprint density at radius 2 is 2.06 bits per heavy atom. The Labute approximate surface area is 109 Å². The molecule has 1 aromatic heterocycles. The van der Waals surface area contributed by atoms with Crippen LogP contribution in [0.1, 0.15) is 33.5 Å². The molecule has 0 saturated heterocycles. The second-order valence-corrected chi connectivity index (χ2v) is 4.83. The van der Waals surface area contributed by atoms with E-state index in [1.807, 2.05) is 6.92 Å². The van der Waals surface area contributed by atoms with Crippen LogP contribution in [-0.2, 0) is 11.3 Å². The van der Waals surface area contributed by atoms with E-state index in [1.54, 1.807) is 6.07 Å². The predicted molar refractivity (Wildman–Crippen MR) is 74.3 cm³/mol. The Balaban J connectivity index is 2.62. The lowest BCUT2D eigenvalue weighted by Gasteiger charge is -2.16. The molecule has 0 spiro atoms. The van der Waals surface area contributed by atoms with Gasteiger partial charge in [-0.05, 0) is 18.8 Å². The Kier molecular flexibility index (Phi) is 5.85. The van der Waals surface area contributed by atoms with E-state index in [2.05, 4.69) is 36.1 Å². The van der Waals surface area contributed by atoms with Gasteiger partial charge in [-0.1, -0.05) is 20.8 Å². The summed E-state index contributed by atoms with van der Waals surface area (Å²) < 4.78 is 5.29. The largest absolute Gasteiger partial charge is 0.384 e. The van der Waals surface area contributed by atoms with Crippen molar-refractivity contribution in [2.24, 2.45) is 11.8 Å². The van der Waals surface area contributed by atoms with Crippen molar-refractivity contribution in [1.29, 1.82) is 0 Å². The van der Waals surface area contributed by atoms with Crippen LogP contribution < -0.4 is 11.1 Å². The van der Waals surface area contributed by atoms with E-state index in [9.17, 15) is 0 Å². The van der Waals surface area contributed by atoms with Crippen LogP contribution in [-0.4, -0.2) is 23.1 Å². The Morgan fingerprint density at radius 3 is 2.67 bits per heavy atom. The van der Waals surface area contributed by atoms with Crippen LogP contribution >= 0.6 is 0 Å². The SMILES string of the molecule is CCOCc1nc(N)cc(NCC(C)C(C)C)n1. The third kappa shape index (κ3) is 4.87. The van der Waals surface area contributed by atoms with Gasteiger partial charge in [0.2, 0.25) is 0 Å². The zero-order valence-corrected chi connectivity index (χ0v) is 11.7. The smallest absolute Gasteiger partial charge is 0.158 e. The zero-order chi connectivity index (χ0) is 13.5. The first kappa shape index (κ1) is 14.7. The van der Waals surface area contributed by atoms with E-state index in [0.717, 1.165) is 12.4 Å². The minimum Gasteiger partial charge on any atom is -0.384 e. The predicted octanol–water partition coefficient (Wildman–Crippen LogP) is 2.30. The molecule has 0 saturated carbocycles. The topological polar surface area (TPSA) is 73.1 Å². The van der Waals surface area contributed by atoms with Crippen molar-refractivity contribution in [1.82, 2.24) is 9.97 Å². The first-order valence-electron chi connectivity index (χ1n) is 6.48. The van der Waals surface area contributed by atoms with Gasteiger partial charge in [0.05, 0.1) is 0 Å². The summed E-state index contributed by atoms with van der Waals surface area (Å²) in [4.78, 5) is 8.51. The second-order valence-electron chi connectivity index (χ2n) is 4.83. The van der Waals surface area contributed by atoms with Crippen molar-refractivity contribution in [3.8, 4) is 0 Å². The molecule has 1 atom stereocenters. The van der Waals surface area contributed by atoms with Gasteiger partial charge in [-0.2, -0.15) is 0 Å². The summed E-state index contributed by atoms with van der Waals surface area (Å²) in [6, 6.07) is 1.75. The summed E-state index contributed by atoms with van der Waals surface area (Å²) in [6.45, 7) is 10.5. The molecule has 102 valence electrons. The van der Waals surface area contributed by atoms with E-state index in [4.69, 9.17) is 10.5 Å². The summed E-state index contributed by atoms with van der Waals surface area (Å²) in [6.07, 6.45) is 0. The van der Waals surface area contributed by atoms with E-state index in [1.165, 1.54) is 0 Å². The van der Waals surface area contributed by atoms with Gasteiger partial charge in [0.25, 0.3) is 0 Å². The van der Waals surface area contributed by atoms with Crippen LogP contribution in [0.3, 0.4) is 0 Å². The normalized spacial score (nSPS) is 12.7. The standard InChI is InChI=1S/C13H24N4O/c1-5-18-8-13-16-11(14)6-12(17-13)15-7-10(4)9(2)3/h6,9-10H,5,7-8H2,1-4H3,(H3,14,15,16,17). The summed E-state index contributed by atoms with van der Waals surface area (Å²) in [5.41, 5.74) is 5.75. The number of anilines is 2. The van der Waals surface area contributed by atoms with Crippen LogP contribution in [0.25, 0.3) is 0 Å². The number of ether oxygens (including phenoxy) is 1. The number of nitrogens with zero attached hydrogens (tertiary/aromatic N) is 2. The molecule has 3 N–H and O–H groups in total. The highest BCUT2D eigenvalue weighted by molar-refractivity contribution is 5.44. The molecule has 0 aliphatic carbocycles. The summed E-state index contributed by atoms with van der Waals surface area (Å²) >= 11 is 0. The molecule has 0 aliphatic heterocycles. The molecule has 0 amide bonds. The van der Waals surface area contributed by atoms with Crippen LogP contribution in [0.15, 0.2) is 6.07 Å². The van der Waals surface area contributed by atoms with Crippen LogP contribution in [0.2, 0.25) is 0 Å². The fourth-order valence-electron chi connectivity index (χ4n) is 1.37. The van der Waals surface area contributed by atoms with Gasteiger partial charge >= 0.3 is 0 Å². The third-order valence-corrected chi connectivity index (χ3v) is 2.97. The fourth-order valence-corrected chi connectivity index (χ4v) is 1.37. The van der Waals surface area contributed by atoms with Crippen molar-refractivity contribution in [2.45, 2.75) is 34.3 Å². The van der Waals surface area contributed by atoms with E-state index in [-0.39, 0.29) is 0 Å². The average molecular weight is 252 g/mol. The van der Waals surface area contributed by atoms with Crippen molar-refractivity contribution >= 4 is 11.6 Å². The van der Waals surface area contributed by atoms with E-state index < -0.39 is 0 Å². The lowest BCUT2D eigenvalue weighted by molar-refractivity contribution is 0.128. The second kappa shape index (κ2) is 7.16. The maximum atomic E-state index is 5.75. The maximum absolute atomic E-state index is 5.75. The lowest BCUT2D eigenvalue weighted by atomic mass is 9.98. The number of aromatic nitrogens is 2. The minimum absolute atomic E-state index is 0.399. The molecule has 0 aliphatic rings. The molecule has 0 fully saturated rings. The molecule has 1 aromatic rings. The molecule has 18 heavy (non-hydrogen) atoms. The maximum Gasteiger partial charge on any atom is 0.158 e. The lowest BCUT2D eigenvalue weighted by Crippen LogP contribution is -2.17. The fraction of sp³-hybridized carbons (Fsp3) is 0.692. The van der Waals surface area contributed by atoms with Gasteiger partial charge in [0.1, 0.15) is 18.2 Å². The van der Waals surface area contributed by atoms with E-state index in [0.29, 0.717) is 36.7 Å². The molecule has 1 rings (SSSR count). The highest BCUT2D eigenvalue weighted by Crippen LogP contribution is 2.13. The number of nitrogens with one attached hydrogen (secondary N) is 1. The van der Waals surface area contributed by atoms with Crippen molar-refractivity contribution < 1.29 is 4.74 Å². The summed E-state index contributed by atoms with van der Waals surface area (Å²) in [5.74, 6) is 3.08. The highest BCUT2D eigenvalue weighted by Gasteiger charge is 2.08. The van der Waals surface area contributed by atoms with Gasteiger partial charge in [0, 0.05) is 19.2 Å². The van der Waals surface area contributed by atoms with Gasteiger partial charge in [0.15, 0.2) is 5.82 Å². The summed E-state index contributed by atoms with van der Waals surface area (Å²) in [5, 5.41) is 3.30. The average Bonchev–Trinajstić information content (AvgIpc) is 2.32. The number of nitrogens with two attached hydrogens (primary N) is 1.